The van der Waals surface area contributed by atoms with Crippen LogP contribution < -0.4 is 0 Å². The number of fused-ring (bicyclic) bond motifs is 12. The molecule has 14 rings (SSSR count). The standard InChI is InChI=1S/C80H78N4O8S3/c1-87-49-59(51-91-57(43-81-73-27-11-3-19-65(73)66-20-4-12-28-74(66)81)44-82-75-29-13-5-21-67(75)68-22-6-14-30-76(68)82)89-47-55(85)53-93-61-35-39-63(40-36-61)95-64-41-37-62(38-42-64)94-54-56(86)48-90-60(50-88-2)52-92-58(45-83-77-31-15-7-23-69(77)70-24-8-16-32-78(70)83)46-84-79-33-17-9-25-71(79)72-26-10-18-34-80(72)84/h3-42,55-60,85-86H,43-54H2,1-2H3. The lowest BCUT2D eigenvalue weighted by molar-refractivity contribution is -0.0902. The van der Waals surface area contributed by atoms with Crippen LogP contribution in [0.2, 0.25) is 0 Å². The van der Waals surface area contributed by atoms with Crippen molar-refractivity contribution in [3.8, 4) is 0 Å². The van der Waals surface area contributed by atoms with Gasteiger partial charge in [0.25, 0.3) is 0 Å². The summed E-state index contributed by atoms with van der Waals surface area (Å²) in [6.45, 7) is 4.02. The molecule has 0 saturated carbocycles. The van der Waals surface area contributed by atoms with E-state index in [2.05, 4.69) is 261 Å². The van der Waals surface area contributed by atoms with Gasteiger partial charge in [-0.25, -0.2) is 0 Å². The van der Waals surface area contributed by atoms with Crippen LogP contribution in [-0.4, -0.2) is 130 Å². The summed E-state index contributed by atoms with van der Waals surface area (Å²) in [7, 11) is 3.35. The molecular weight excluding hydrogens is 1240 g/mol. The van der Waals surface area contributed by atoms with Crippen molar-refractivity contribution in [2.75, 3.05) is 65.4 Å². The third-order valence-electron chi connectivity index (χ3n) is 17.8. The molecule has 4 unspecified atom stereocenters. The average molecular weight is 1320 g/mol. The predicted molar refractivity (Wildman–Crippen MR) is 391 cm³/mol. The quantitative estimate of drug-likeness (QED) is 0.0393. The van der Waals surface area contributed by atoms with Gasteiger partial charge in [0.2, 0.25) is 0 Å². The summed E-state index contributed by atoms with van der Waals surface area (Å²) < 4.78 is 47.6. The van der Waals surface area contributed by atoms with Crippen LogP contribution in [-0.2, 0) is 54.6 Å². The summed E-state index contributed by atoms with van der Waals surface area (Å²) in [5, 5.41) is 32.3. The van der Waals surface area contributed by atoms with Gasteiger partial charge in [-0.2, -0.15) is 0 Å². The van der Waals surface area contributed by atoms with Gasteiger partial charge < -0.3 is 56.9 Å². The normalized spacial score (nSPS) is 13.5. The minimum atomic E-state index is -0.705. The molecule has 0 aliphatic carbocycles. The topological polar surface area (TPSA) is 116 Å². The molecule has 12 nitrogen and oxygen atoms in total. The number of aromatic nitrogens is 4. The van der Waals surface area contributed by atoms with Gasteiger partial charge in [0.05, 0.1) is 90.2 Å². The molecule has 4 aromatic heterocycles. The average Bonchev–Trinajstić information content (AvgIpc) is 1.63. The summed E-state index contributed by atoms with van der Waals surface area (Å²) in [5.74, 6) is 0.937. The minimum Gasteiger partial charge on any atom is -0.390 e. The lowest BCUT2D eigenvalue weighted by atomic mass is 10.2. The van der Waals surface area contributed by atoms with Crippen molar-refractivity contribution < 1.29 is 38.6 Å². The molecule has 4 atom stereocenters. The van der Waals surface area contributed by atoms with Gasteiger partial charge >= 0.3 is 0 Å². The molecule has 15 heteroatoms. The highest BCUT2D eigenvalue weighted by Gasteiger charge is 2.25. The van der Waals surface area contributed by atoms with Crippen molar-refractivity contribution in [2.45, 2.75) is 82.4 Å². The summed E-state index contributed by atoms with van der Waals surface area (Å²) in [4.78, 5) is 4.35. The van der Waals surface area contributed by atoms with E-state index in [0.717, 1.165) is 19.6 Å². The Balaban J connectivity index is 0.552. The van der Waals surface area contributed by atoms with Gasteiger partial charge in [-0.15, -0.1) is 23.5 Å². The first kappa shape index (κ1) is 64.5. The molecule has 0 aliphatic heterocycles. The number of ether oxygens (including phenoxy) is 6. The minimum absolute atomic E-state index is 0.146. The van der Waals surface area contributed by atoms with Crippen LogP contribution in [0.25, 0.3) is 87.2 Å². The highest BCUT2D eigenvalue weighted by atomic mass is 32.2. The van der Waals surface area contributed by atoms with Crippen molar-refractivity contribution in [1.29, 1.82) is 0 Å². The van der Waals surface area contributed by atoms with E-state index in [1.165, 1.54) is 87.2 Å². The first-order chi connectivity index (χ1) is 46.8. The molecule has 2 N–H and O–H groups in total. The van der Waals surface area contributed by atoms with E-state index in [-0.39, 0.29) is 25.4 Å². The van der Waals surface area contributed by atoms with Crippen molar-refractivity contribution in [1.82, 2.24) is 18.3 Å². The number of nitrogens with zero attached hydrogens (tertiary/aromatic N) is 4. The Hall–Kier alpha value is -7.87. The summed E-state index contributed by atoms with van der Waals surface area (Å²) in [5.41, 5.74) is 9.35. The molecule has 95 heavy (non-hydrogen) atoms. The van der Waals surface area contributed by atoms with Crippen molar-refractivity contribution in [3.63, 3.8) is 0 Å². The first-order valence-corrected chi connectivity index (χ1v) is 35.4. The number of methoxy groups -OCH3 is 2. The fourth-order valence-electron chi connectivity index (χ4n) is 13.4. The van der Waals surface area contributed by atoms with Crippen LogP contribution in [0, 0.1) is 0 Å². The van der Waals surface area contributed by atoms with Crippen LogP contribution >= 0.6 is 35.3 Å². The number of rotatable bonds is 32. The number of aliphatic hydroxyl groups excluding tert-OH is 2. The summed E-state index contributed by atoms with van der Waals surface area (Å²) >= 11 is 4.90. The molecule has 4 heterocycles. The third kappa shape index (κ3) is 14.6. The molecule has 0 saturated heterocycles. The zero-order valence-electron chi connectivity index (χ0n) is 53.4. The van der Waals surface area contributed by atoms with Crippen LogP contribution in [0.3, 0.4) is 0 Å². The summed E-state index contributed by atoms with van der Waals surface area (Å²) in [6.07, 6.45) is -2.67. The fourth-order valence-corrected chi connectivity index (χ4v) is 15.8. The molecule has 0 radical (unpaired) electrons. The smallest absolute Gasteiger partial charge is 0.104 e. The molecule has 0 amide bonds. The SMILES string of the molecule is COCC(COC(Cn1c2ccccc2c2ccccc21)Cn1c2ccccc2c2ccccc21)OCC(O)CSc1ccc(Sc2ccc(SCC(O)COC(COC)COC(Cn3c4ccccc4c4ccccc43)Cn3c4ccccc4c4ccccc43)cc2)cc1. The zero-order chi connectivity index (χ0) is 64.5. The Morgan fingerprint density at radius 2 is 0.495 bits per heavy atom. The number of para-hydroxylation sites is 8. The molecule has 0 fully saturated rings. The van der Waals surface area contributed by atoms with E-state index in [0.29, 0.717) is 64.1 Å². The van der Waals surface area contributed by atoms with Gasteiger partial charge in [0.1, 0.15) is 12.2 Å². The highest BCUT2D eigenvalue weighted by molar-refractivity contribution is 8.00. The Morgan fingerprint density at radius 3 is 0.737 bits per heavy atom. The summed E-state index contributed by atoms with van der Waals surface area (Å²) in [6, 6.07) is 85.7. The van der Waals surface area contributed by atoms with Gasteiger partial charge in [0, 0.05) is 133 Å². The van der Waals surface area contributed by atoms with Gasteiger partial charge in [-0.3, -0.25) is 0 Å². The maximum absolute atomic E-state index is 11.3. The number of thioether (sulfide) groups is 2. The Kier molecular flexibility index (Phi) is 20.7. The molecule has 10 aromatic carbocycles. The van der Waals surface area contributed by atoms with Crippen LogP contribution in [0.1, 0.15) is 0 Å². The maximum atomic E-state index is 11.3. The molecule has 0 bridgehead atoms. The van der Waals surface area contributed by atoms with E-state index in [1.807, 2.05) is 0 Å². The van der Waals surface area contributed by atoms with E-state index < -0.39 is 24.4 Å². The Morgan fingerprint density at radius 1 is 0.274 bits per heavy atom. The van der Waals surface area contributed by atoms with Crippen molar-refractivity contribution in [2.24, 2.45) is 0 Å². The largest absolute Gasteiger partial charge is 0.390 e. The van der Waals surface area contributed by atoms with E-state index in [4.69, 9.17) is 28.4 Å². The molecule has 484 valence electrons. The van der Waals surface area contributed by atoms with E-state index >= 15 is 0 Å². The monoisotopic (exact) mass is 1320 g/mol. The number of benzene rings is 10. The van der Waals surface area contributed by atoms with Gasteiger partial charge in [-0.1, -0.05) is 157 Å². The molecule has 0 spiro atoms. The second kappa shape index (κ2) is 30.5. The third-order valence-corrected chi connectivity index (χ3v) is 21.2. The van der Waals surface area contributed by atoms with Gasteiger partial charge in [-0.05, 0) is 97.1 Å². The first-order valence-electron chi connectivity index (χ1n) is 32.6. The fraction of sp³-hybridized carbons (Fsp3) is 0.250. The van der Waals surface area contributed by atoms with E-state index in [9.17, 15) is 10.2 Å². The lowest BCUT2D eigenvalue weighted by Gasteiger charge is -2.25. The second-order valence-electron chi connectivity index (χ2n) is 24.3. The number of hydrogen-bond acceptors (Lipinski definition) is 11. The second-order valence-corrected chi connectivity index (χ2v) is 27.6. The number of hydrogen-bond donors (Lipinski definition) is 2. The zero-order valence-corrected chi connectivity index (χ0v) is 55.9. The van der Waals surface area contributed by atoms with E-state index in [1.54, 1.807) is 49.5 Å². The Labute approximate surface area is 566 Å². The predicted octanol–water partition coefficient (Wildman–Crippen LogP) is 16.8. The Bertz CT molecular complexity index is 4120. The van der Waals surface area contributed by atoms with Crippen LogP contribution in [0.4, 0.5) is 0 Å². The van der Waals surface area contributed by atoms with Gasteiger partial charge in [0.15, 0.2) is 0 Å². The van der Waals surface area contributed by atoms with Crippen molar-refractivity contribution in [3.05, 3.63) is 243 Å². The maximum Gasteiger partial charge on any atom is 0.104 e. The lowest BCUT2D eigenvalue weighted by Crippen LogP contribution is -2.34. The van der Waals surface area contributed by atoms with Crippen LogP contribution in [0.5, 0.6) is 0 Å². The molecule has 0 aliphatic rings. The highest BCUT2D eigenvalue weighted by Crippen LogP contribution is 2.36. The molecule has 14 aromatic rings. The number of aliphatic hydroxyl groups is 2. The van der Waals surface area contributed by atoms with Crippen LogP contribution in [0.15, 0.2) is 262 Å². The molecular formula is C80H78N4O8S3. The van der Waals surface area contributed by atoms with Crippen molar-refractivity contribution >= 4 is 123 Å².